The summed E-state index contributed by atoms with van der Waals surface area (Å²) >= 11 is 1.45. The van der Waals surface area contributed by atoms with Crippen molar-refractivity contribution in [2.75, 3.05) is 0 Å². The number of hydrogen-bond donors (Lipinski definition) is 0. The Bertz CT molecular complexity index is 1080. The van der Waals surface area contributed by atoms with Gasteiger partial charge in [-0.3, -0.25) is 4.79 Å². The molecule has 0 saturated carbocycles. The van der Waals surface area contributed by atoms with Crippen molar-refractivity contribution < 1.29 is 4.79 Å². The molecule has 4 nitrogen and oxygen atoms in total. The van der Waals surface area contributed by atoms with Gasteiger partial charge >= 0.3 is 0 Å². The maximum atomic E-state index is 13.3. The van der Waals surface area contributed by atoms with Gasteiger partial charge in [-0.2, -0.15) is 0 Å². The number of aromatic nitrogens is 3. The van der Waals surface area contributed by atoms with E-state index < -0.39 is 5.25 Å². The summed E-state index contributed by atoms with van der Waals surface area (Å²) in [7, 11) is 0. The van der Waals surface area contributed by atoms with E-state index in [1.165, 1.54) is 11.8 Å². The number of hydrogen-bond acceptors (Lipinski definition) is 4. The summed E-state index contributed by atoms with van der Waals surface area (Å²) < 4.78 is 2.06. The molecule has 0 unspecified atom stereocenters. The van der Waals surface area contributed by atoms with Crippen molar-refractivity contribution >= 4 is 17.5 Å². The van der Waals surface area contributed by atoms with Crippen molar-refractivity contribution in [3.8, 4) is 11.4 Å². The van der Waals surface area contributed by atoms with Gasteiger partial charge in [-0.15, -0.1) is 10.2 Å². The molecule has 0 aliphatic rings. The number of thioether (sulfide) groups is 1. The maximum absolute atomic E-state index is 13.3. The molecule has 4 aromatic rings. The van der Waals surface area contributed by atoms with Crippen LogP contribution in [-0.4, -0.2) is 20.5 Å². The summed E-state index contributed by atoms with van der Waals surface area (Å²) in [6.07, 6.45) is 0. The van der Waals surface area contributed by atoms with Crippen molar-refractivity contribution in [3.63, 3.8) is 0 Å². The zero-order valence-corrected chi connectivity index (χ0v) is 16.9. The van der Waals surface area contributed by atoms with E-state index in [-0.39, 0.29) is 5.78 Å². The molecule has 3 aromatic carbocycles. The van der Waals surface area contributed by atoms with Crippen LogP contribution in [0.4, 0.5) is 0 Å². The number of Topliss-reactive ketones (excluding diaryl/α,β-unsaturated/α-hetero) is 1. The number of nitrogens with zero attached hydrogens (tertiary/aromatic N) is 3. The van der Waals surface area contributed by atoms with Crippen LogP contribution >= 0.6 is 11.8 Å². The van der Waals surface area contributed by atoms with Crippen molar-refractivity contribution in [1.82, 2.24) is 14.8 Å². The Morgan fingerprint density at radius 3 is 2.07 bits per heavy atom. The molecule has 0 N–H and O–H groups in total. The topological polar surface area (TPSA) is 47.8 Å². The van der Waals surface area contributed by atoms with Crippen LogP contribution in [0.5, 0.6) is 0 Å². The molecule has 5 heteroatoms. The fourth-order valence-electron chi connectivity index (χ4n) is 3.22. The second-order valence-electron chi connectivity index (χ2n) is 6.56. The average Bonchev–Trinajstić information content (AvgIpc) is 3.21. The molecule has 0 aliphatic carbocycles. The second-order valence-corrected chi connectivity index (χ2v) is 7.63. The molecular formula is C24H21N3OS. The van der Waals surface area contributed by atoms with E-state index in [1.54, 1.807) is 0 Å². The highest BCUT2D eigenvalue weighted by Crippen LogP contribution is 2.38. The average molecular weight is 400 g/mol. The Kier molecular flexibility index (Phi) is 5.86. The molecule has 144 valence electrons. The van der Waals surface area contributed by atoms with Gasteiger partial charge in [0.15, 0.2) is 16.8 Å². The van der Waals surface area contributed by atoms with Crippen LogP contribution in [0.2, 0.25) is 0 Å². The Morgan fingerprint density at radius 2 is 1.45 bits per heavy atom. The molecule has 0 amide bonds. The maximum Gasteiger partial charge on any atom is 0.192 e. The molecule has 0 radical (unpaired) electrons. The van der Waals surface area contributed by atoms with Crippen LogP contribution in [0.15, 0.2) is 96.2 Å². The van der Waals surface area contributed by atoms with Crippen molar-refractivity contribution in [2.24, 2.45) is 0 Å². The summed E-state index contributed by atoms with van der Waals surface area (Å²) in [5, 5.41) is 9.19. The third kappa shape index (κ3) is 4.15. The highest BCUT2D eigenvalue weighted by atomic mass is 32.2. The van der Waals surface area contributed by atoms with Crippen LogP contribution < -0.4 is 0 Å². The van der Waals surface area contributed by atoms with E-state index in [2.05, 4.69) is 21.7 Å². The lowest BCUT2D eigenvalue weighted by Crippen LogP contribution is -2.11. The Hall–Kier alpha value is -3.18. The number of rotatable bonds is 7. The predicted molar refractivity (Wildman–Crippen MR) is 117 cm³/mol. The van der Waals surface area contributed by atoms with Crippen molar-refractivity contribution in [3.05, 3.63) is 102 Å². The lowest BCUT2D eigenvalue weighted by molar-refractivity contribution is 0.0989. The highest BCUT2D eigenvalue weighted by Gasteiger charge is 2.26. The number of ketones is 1. The van der Waals surface area contributed by atoms with E-state index in [1.807, 2.05) is 91.0 Å². The Labute approximate surface area is 174 Å². The van der Waals surface area contributed by atoms with E-state index in [4.69, 9.17) is 0 Å². The second kappa shape index (κ2) is 8.88. The van der Waals surface area contributed by atoms with Crippen LogP contribution in [0, 0.1) is 0 Å². The summed E-state index contributed by atoms with van der Waals surface area (Å²) in [6.45, 7) is 2.79. The third-order valence-electron chi connectivity index (χ3n) is 4.69. The normalized spacial score (nSPS) is 11.9. The summed E-state index contributed by atoms with van der Waals surface area (Å²) in [5.41, 5.74) is 2.66. The van der Waals surface area contributed by atoms with E-state index in [0.717, 1.165) is 28.7 Å². The van der Waals surface area contributed by atoms with Gasteiger partial charge in [-0.1, -0.05) is 103 Å². The molecule has 29 heavy (non-hydrogen) atoms. The molecule has 0 bridgehead atoms. The monoisotopic (exact) mass is 399 g/mol. The first-order valence-electron chi connectivity index (χ1n) is 9.57. The number of carbonyl (C=O) groups is 1. The summed E-state index contributed by atoms with van der Waals surface area (Å²) in [4.78, 5) is 13.3. The lowest BCUT2D eigenvalue weighted by atomic mass is 10.0. The van der Waals surface area contributed by atoms with E-state index >= 15 is 0 Å². The molecule has 0 fully saturated rings. The largest absolute Gasteiger partial charge is 0.302 e. The van der Waals surface area contributed by atoms with Crippen LogP contribution in [-0.2, 0) is 6.54 Å². The summed E-state index contributed by atoms with van der Waals surface area (Å²) in [5.74, 6) is 0.878. The van der Waals surface area contributed by atoms with Crippen LogP contribution in [0.25, 0.3) is 11.4 Å². The number of benzene rings is 3. The molecule has 1 heterocycles. The van der Waals surface area contributed by atoms with Crippen LogP contribution in [0.1, 0.15) is 28.1 Å². The first-order valence-corrected chi connectivity index (χ1v) is 10.5. The van der Waals surface area contributed by atoms with Gasteiger partial charge < -0.3 is 4.57 Å². The SMILES string of the molecule is CCn1c(S[C@@H](C(=O)c2ccccc2)c2ccccc2)nnc1-c1ccccc1. The van der Waals surface area contributed by atoms with Gasteiger partial charge in [0.1, 0.15) is 5.25 Å². The molecule has 1 aromatic heterocycles. The molecule has 1 atom stereocenters. The molecule has 0 aliphatic heterocycles. The first-order chi connectivity index (χ1) is 14.3. The third-order valence-corrected chi connectivity index (χ3v) is 5.92. The first kappa shape index (κ1) is 19.2. The molecular weight excluding hydrogens is 378 g/mol. The fourth-order valence-corrected chi connectivity index (χ4v) is 4.40. The zero-order valence-electron chi connectivity index (χ0n) is 16.1. The van der Waals surface area contributed by atoms with Gasteiger partial charge in [0.25, 0.3) is 0 Å². The van der Waals surface area contributed by atoms with E-state index in [0.29, 0.717) is 5.56 Å². The minimum atomic E-state index is -0.392. The standard InChI is InChI=1S/C24H21N3OS/c1-2-27-23(20-16-10-5-11-17-20)25-26-24(27)29-22(19-14-8-4-9-15-19)21(28)18-12-6-3-7-13-18/h3-17,22H,2H2,1H3/t22-/m1/s1. The summed E-state index contributed by atoms with van der Waals surface area (Å²) in [6, 6.07) is 29.3. The predicted octanol–water partition coefficient (Wildman–Crippen LogP) is 5.68. The van der Waals surface area contributed by atoms with Gasteiger partial charge in [-0.25, -0.2) is 0 Å². The molecule has 0 saturated heterocycles. The number of carbonyl (C=O) groups excluding carboxylic acids is 1. The quantitative estimate of drug-likeness (QED) is 0.296. The zero-order chi connectivity index (χ0) is 20.1. The van der Waals surface area contributed by atoms with Gasteiger partial charge in [-0.05, 0) is 12.5 Å². The fraction of sp³-hybridized carbons (Fsp3) is 0.125. The highest BCUT2D eigenvalue weighted by molar-refractivity contribution is 8.00. The van der Waals surface area contributed by atoms with Crippen molar-refractivity contribution in [1.29, 1.82) is 0 Å². The van der Waals surface area contributed by atoms with Gasteiger partial charge in [0.05, 0.1) is 0 Å². The minimum absolute atomic E-state index is 0.0636. The smallest absolute Gasteiger partial charge is 0.192 e. The van der Waals surface area contributed by atoms with Crippen LogP contribution in [0.3, 0.4) is 0 Å². The molecule has 4 rings (SSSR count). The molecule has 0 spiro atoms. The Morgan fingerprint density at radius 1 is 0.862 bits per heavy atom. The van der Waals surface area contributed by atoms with Crippen molar-refractivity contribution in [2.45, 2.75) is 23.9 Å². The lowest BCUT2D eigenvalue weighted by Gasteiger charge is -2.16. The Balaban J connectivity index is 1.72. The van der Waals surface area contributed by atoms with Gasteiger partial charge in [0, 0.05) is 17.7 Å². The van der Waals surface area contributed by atoms with Gasteiger partial charge in [0.2, 0.25) is 0 Å². The van der Waals surface area contributed by atoms with E-state index in [9.17, 15) is 4.79 Å². The minimum Gasteiger partial charge on any atom is -0.302 e.